The molecule has 0 unspecified atom stereocenters. The predicted octanol–water partition coefficient (Wildman–Crippen LogP) is 3.61. The second kappa shape index (κ2) is 5.81. The molecular weight excluding hydrogens is 270 g/mol. The first-order valence-corrected chi connectivity index (χ1v) is 7.37. The van der Waals surface area contributed by atoms with Crippen LogP contribution in [0.2, 0.25) is 0 Å². The van der Waals surface area contributed by atoms with Crippen LogP contribution in [0.5, 0.6) is 5.75 Å². The lowest BCUT2D eigenvalue weighted by molar-refractivity contribution is 0.300. The van der Waals surface area contributed by atoms with Crippen molar-refractivity contribution in [3.8, 4) is 5.75 Å². The summed E-state index contributed by atoms with van der Waals surface area (Å²) in [5.74, 6) is 6.25. The number of thiazole rings is 1. The van der Waals surface area contributed by atoms with Crippen LogP contribution in [0.25, 0.3) is 0 Å². The summed E-state index contributed by atoms with van der Waals surface area (Å²) >= 11 is 1.50. The molecule has 3 N–H and O–H groups in total. The van der Waals surface area contributed by atoms with Gasteiger partial charge < -0.3 is 4.74 Å². The molecule has 2 aromatic rings. The minimum Gasteiger partial charge on any atom is -0.488 e. The number of rotatable bonds is 4. The lowest BCUT2D eigenvalue weighted by atomic mass is 9.85. The fourth-order valence-electron chi connectivity index (χ4n) is 1.95. The van der Waals surface area contributed by atoms with Crippen molar-refractivity contribution in [3.63, 3.8) is 0 Å². The Kier molecular flexibility index (Phi) is 4.30. The maximum atomic E-state index is 5.96. The topological polar surface area (TPSA) is 60.2 Å². The van der Waals surface area contributed by atoms with E-state index >= 15 is 0 Å². The van der Waals surface area contributed by atoms with E-state index in [4.69, 9.17) is 10.6 Å². The number of hydrogen-bond donors (Lipinski definition) is 2. The number of nitrogens with two attached hydrogens (primary N) is 1. The summed E-state index contributed by atoms with van der Waals surface area (Å²) in [6.45, 7) is 9.18. The Hall–Kier alpha value is -1.59. The smallest absolute Gasteiger partial charge is 0.197 e. The van der Waals surface area contributed by atoms with Gasteiger partial charge in [-0.3, -0.25) is 5.43 Å². The average Bonchev–Trinajstić information content (AvgIpc) is 2.84. The van der Waals surface area contributed by atoms with Crippen molar-refractivity contribution >= 4 is 16.5 Å². The Morgan fingerprint density at radius 3 is 2.70 bits per heavy atom. The van der Waals surface area contributed by atoms with Gasteiger partial charge in [0.25, 0.3) is 0 Å². The van der Waals surface area contributed by atoms with E-state index in [2.05, 4.69) is 50.2 Å². The SMILES string of the molecule is Cc1ccc(OCc2cnc(NN)s2)c(C(C)(C)C)c1. The first kappa shape index (κ1) is 14.8. The van der Waals surface area contributed by atoms with Crippen molar-refractivity contribution in [1.29, 1.82) is 0 Å². The molecule has 0 amide bonds. The van der Waals surface area contributed by atoms with Crippen LogP contribution in [0, 0.1) is 6.92 Å². The largest absolute Gasteiger partial charge is 0.488 e. The van der Waals surface area contributed by atoms with Gasteiger partial charge in [0.05, 0.1) is 4.88 Å². The number of nitrogens with zero attached hydrogens (tertiary/aromatic N) is 1. The van der Waals surface area contributed by atoms with E-state index < -0.39 is 0 Å². The third kappa shape index (κ3) is 3.49. The van der Waals surface area contributed by atoms with Gasteiger partial charge in [0.1, 0.15) is 12.4 Å². The maximum absolute atomic E-state index is 5.96. The van der Waals surface area contributed by atoms with Crippen molar-refractivity contribution in [2.75, 3.05) is 5.43 Å². The number of nitrogens with one attached hydrogen (secondary N) is 1. The Bertz CT molecular complexity index is 587. The minimum absolute atomic E-state index is 0.0546. The molecule has 0 bridgehead atoms. The summed E-state index contributed by atoms with van der Waals surface area (Å²) < 4.78 is 5.96. The molecule has 4 nitrogen and oxygen atoms in total. The van der Waals surface area contributed by atoms with E-state index in [1.165, 1.54) is 22.5 Å². The number of hydrazine groups is 1. The van der Waals surface area contributed by atoms with Crippen molar-refractivity contribution in [2.24, 2.45) is 5.84 Å². The van der Waals surface area contributed by atoms with E-state index in [0.717, 1.165) is 10.6 Å². The molecule has 20 heavy (non-hydrogen) atoms. The van der Waals surface area contributed by atoms with Gasteiger partial charge in [0, 0.05) is 6.20 Å². The second-order valence-electron chi connectivity index (χ2n) is 5.81. The van der Waals surface area contributed by atoms with E-state index in [0.29, 0.717) is 11.7 Å². The molecule has 0 spiro atoms. The average molecular weight is 291 g/mol. The Morgan fingerprint density at radius 1 is 1.35 bits per heavy atom. The summed E-state index contributed by atoms with van der Waals surface area (Å²) in [5.41, 5.74) is 5.06. The first-order chi connectivity index (χ1) is 9.40. The number of aryl methyl sites for hydroxylation is 1. The highest BCUT2D eigenvalue weighted by atomic mass is 32.1. The molecule has 0 aliphatic heterocycles. The van der Waals surface area contributed by atoms with Gasteiger partial charge in [0.2, 0.25) is 0 Å². The summed E-state index contributed by atoms with van der Waals surface area (Å²) in [5, 5.41) is 0.698. The molecule has 0 aliphatic rings. The molecule has 1 aromatic heterocycles. The number of hydrogen-bond acceptors (Lipinski definition) is 5. The predicted molar refractivity (Wildman–Crippen MR) is 84.1 cm³/mol. The molecule has 0 radical (unpaired) electrons. The van der Waals surface area contributed by atoms with Gasteiger partial charge in [-0.2, -0.15) is 0 Å². The number of aromatic nitrogens is 1. The quantitative estimate of drug-likeness (QED) is 0.667. The number of benzene rings is 1. The van der Waals surface area contributed by atoms with Gasteiger partial charge >= 0.3 is 0 Å². The van der Waals surface area contributed by atoms with E-state index in [-0.39, 0.29) is 5.41 Å². The fourth-order valence-corrected chi connectivity index (χ4v) is 2.58. The van der Waals surface area contributed by atoms with Gasteiger partial charge in [-0.25, -0.2) is 10.8 Å². The Balaban J connectivity index is 2.17. The highest BCUT2D eigenvalue weighted by Crippen LogP contribution is 2.33. The Morgan fingerprint density at radius 2 is 2.10 bits per heavy atom. The highest BCUT2D eigenvalue weighted by molar-refractivity contribution is 7.15. The van der Waals surface area contributed by atoms with Crippen LogP contribution >= 0.6 is 11.3 Å². The lowest BCUT2D eigenvalue weighted by Gasteiger charge is -2.23. The zero-order valence-electron chi connectivity index (χ0n) is 12.4. The van der Waals surface area contributed by atoms with Gasteiger partial charge in [-0.05, 0) is 24.0 Å². The third-order valence-corrected chi connectivity index (χ3v) is 3.89. The van der Waals surface area contributed by atoms with Gasteiger partial charge in [-0.1, -0.05) is 49.8 Å². The minimum atomic E-state index is 0.0546. The summed E-state index contributed by atoms with van der Waals surface area (Å²) in [6, 6.07) is 6.30. The molecular formula is C15H21N3OS. The molecule has 108 valence electrons. The van der Waals surface area contributed by atoms with E-state index in [9.17, 15) is 0 Å². The summed E-state index contributed by atoms with van der Waals surface area (Å²) in [4.78, 5) is 5.17. The summed E-state index contributed by atoms with van der Waals surface area (Å²) in [7, 11) is 0. The van der Waals surface area contributed by atoms with Crippen molar-refractivity contribution in [3.05, 3.63) is 40.4 Å². The van der Waals surface area contributed by atoms with E-state index in [1.807, 2.05) is 6.07 Å². The van der Waals surface area contributed by atoms with Crippen LogP contribution in [0.3, 0.4) is 0 Å². The first-order valence-electron chi connectivity index (χ1n) is 6.55. The molecule has 1 heterocycles. The normalized spacial score (nSPS) is 11.4. The molecule has 0 fully saturated rings. The molecule has 0 aliphatic carbocycles. The molecule has 0 saturated carbocycles. The second-order valence-corrected chi connectivity index (χ2v) is 6.93. The van der Waals surface area contributed by atoms with Crippen LogP contribution in [0.15, 0.2) is 24.4 Å². The molecule has 2 rings (SSSR count). The van der Waals surface area contributed by atoms with Crippen LogP contribution < -0.4 is 16.0 Å². The zero-order valence-corrected chi connectivity index (χ0v) is 13.2. The Labute approximate surface area is 124 Å². The van der Waals surface area contributed by atoms with E-state index in [1.54, 1.807) is 6.20 Å². The van der Waals surface area contributed by atoms with Crippen LogP contribution in [0.4, 0.5) is 5.13 Å². The summed E-state index contributed by atoms with van der Waals surface area (Å²) in [6.07, 6.45) is 1.78. The van der Waals surface area contributed by atoms with Gasteiger partial charge in [0.15, 0.2) is 5.13 Å². The zero-order chi connectivity index (χ0) is 14.8. The number of nitrogen functional groups attached to an aromatic ring is 1. The maximum Gasteiger partial charge on any atom is 0.197 e. The van der Waals surface area contributed by atoms with Crippen LogP contribution in [-0.2, 0) is 12.0 Å². The van der Waals surface area contributed by atoms with Crippen molar-refractivity contribution in [1.82, 2.24) is 4.98 Å². The molecule has 0 saturated heterocycles. The van der Waals surface area contributed by atoms with Crippen LogP contribution in [0.1, 0.15) is 36.8 Å². The van der Waals surface area contributed by atoms with Crippen molar-refractivity contribution in [2.45, 2.75) is 39.7 Å². The molecule has 1 aromatic carbocycles. The van der Waals surface area contributed by atoms with Crippen LogP contribution in [-0.4, -0.2) is 4.98 Å². The molecule has 0 atom stereocenters. The number of anilines is 1. The lowest BCUT2D eigenvalue weighted by Crippen LogP contribution is -2.13. The fraction of sp³-hybridized carbons (Fsp3) is 0.400. The van der Waals surface area contributed by atoms with Gasteiger partial charge in [-0.15, -0.1) is 0 Å². The number of ether oxygens (including phenoxy) is 1. The van der Waals surface area contributed by atoms with Crippen molar-refractivity contribution < 1.29 is 4.74 Å². The highest BCUT2D eigenvalue weighted by Gasteiger charge is 2.19. The molecule has 5 heteroatoms. The third-order valence-electron chi connectivity index (χ3n) is 2.99. The standard InChI is InChI=1S/C15H21N3OS/c1-10-5-6-13(12(7-10)15(2,3)4)19-9-11-8-17-14(18-16)20-11/h5-8H,9,16H2,1-4H3,(H,17,18). The monoisotopic (exact) mass is 291 g/mol.